The monoisotopic (exact) mass is 217 g/mol. The third-order valence-corrected chi connectivity index (χ3v) is 4.71. The number of hydrogen-bond acceptors (Lipinski definition) is 3. The lowest BCUT2D eigenvalue weighted by atomic mass is 10.4. The Kier molecular flexibility index (Phi) is 2.57. The minimum atomic E-state index is -2.99. The van der Waals surface area contributed by atoms with Crippen molar-refractivity contribution in [1.82, 2.24) is 9.21 Å². The smallest absolute Gasteiger partial charge is 0.215 e. The summed E-state index contributed by atoms with van der Waals surface area (Å²) in [6, 6.07) is 0. The lowest BCUT2D eigenvalue weighted by molar-refractivity contribution is 0.414. The van der Waals surface area contributed by atoms with Gasteiger partial charge >= 0.3 is 0 Å². The second-order valence-corrected chi connectivity index (χ2v) is 6.54. The van der Waals surface area contributed by atoms with Gasteiger partial charge in [0.25, 0.3) is 0 Å². The maximum Gasteiger partial charge on any atom is 0.215 e. The van der Waals surface area contributed by atoms with Gasteiger partial charge < -0.3 is 4.90 Å². The molecule has 0 N–H and O–H groups in total. The van der Waals surface area contributed by atoms with Crippen molar-refractivity contribution in [2.75, 3.05) is 39.5 Å². The van der Waals surface area contributed by atoms with Crippen molar-refractivity contribution >= 4 is 10.0 Å². The number of nitrogens with zero attached hydrogens (tertiary/aromatic N) is 2. The van der Waals surface area contributed by atoms with Gasteiger partial charge in [0.05, 0.1) is 5.75 Å². The summed E-state index contributed by atoms with van der Waals surface area (Å²) >= 11 is 0. The molecule has 0 aromatic carbocycles. The Labute approximate surface area is 85.9 Å². The molecule has 2 atom stereocenters. The molecular formula is C9H17N2O2S. The summed E-state index contributed by atoms with van der Waals surface area (Å²) in [5.74, 6) is 1.37. The minimum absolute atomic E-state index is 0.249. The Morgan fingerprint density at radius 1 is 1.36 bits per heavy atom. The quantitative estimate of drug-likeness (QED) is 0.646. The van der Waals surface area contributed by atoms with Gasteiger partial charge in [-0.1, -0.05) is 0 Å². The first-order valence-electron chi connectivity index (χ1n) is 4.96. The van der Waals surface area contributed by atoms with Crippen LogP contribution in [0.2, 0.25) is 0 Å². The highest BCUT2D eigenvalue weighted by atomic mass is 32.2. The lowest BCUT2D eigenvalue weighted by Crippen LogP contribution is -2.35. The average Bonchev–Trinajstić information content (AvgIpc) is 2.70. The number of piperidine rings is 1. The molecule has 2 rings (SSSR count). The van der Waals surface area contributed by atoms with Crippen LogP contribution in [-0.4, -0.2) is 57.1 Å². The van der Waals surface area contributed by atoms with Crippen molar-refractivity contribution in [2.24, 2.45) is 11.8 Å². The van der Waals surface area contributed by atoms with Crippen LogP contribution >= 0.6 is 0 Å². The van der Waals surface area contributed by atoms with E-state index in [2.05, 4.69) is 6.42 Å². The fourth-order valence-electron chi connectivity index (χ4n) is 1.84. The minimum Gasteiger partial charge on any atom is -0.308 e. The van der Waals surface area contributed by atoms with E-state index in [0.29, 0.717) is 18.4 Å². The van der Waals surface area contributed by atoms with Crippen molar-refractivity contribution in [3.63, 3.8) is 0 Å². The maximum atomic E-state index is 11.8. The zero-order valence-electron chi connectivity index (χ0n) is 8.68. The van der Waals surface area contributed by atoms with Crippen LogP contribution in [0.15, 0.2) is 0 Å². The Morgan fingerprint density at radius 3 is 2.43 bits per heavy atom. The van der Waals surface area contributed by atoms with Crippen molar-refractivity contribution in [3.8, 4) is 0 Å². The molecule has 0 unspecified atom stereocenters. The summed E-state index contributed by atoms with van der Waals surface area (Å²) in [6.45, 7) is 2.05. The molecule has 1 saturated carbocycles. The van der Waals surface area contributed by atoms with Crippen LogP contribution in [0.5, 0.6) is 0 Å². The van der Waals surface area contributed by atoms with E-state index in [9.17, 15) is 8.42 Å². The maximum absolute atomic E-state index is 11.8. The molecule has 0 aromatic heterocycles. The van der Waals surface area contributed by atoms with Gasteiger partial charge in [-0.05, 0) is 32.4 Å². The molecule has 1 saturated heterocycles. The SMILES string of the molecule is CN(C)CCS(=O)(=O)N1C[C@H]2[CH][C@H]2C1. The van der Waals surface area contributed by atoms with E-state index < -0.39 is 10.0 Å². The molecule has 4 nitrogen and oxygen atoms in total. The summed E-state index contributed by atoms with van der Waals surface area (Å²) < 4.78 is 25.2. The van der Waals surface area contributed by atoms with E-state index >= 15 is 0 Å². The standard InChI is InChI=1S/C9H17N2O2S/c1-10(2)3-4-14(12,13)11-6-8-5-9(8)7-11/h5,8-9H,3-4,6-7H2,1-2H3/t8-,9+. The van der Waals surface area contributed by atoms with Crippen molar-refractivity contribution in [2.45, 2.75) is 0 Å². The van der Waals surface area contributed by atoms with E-state index in [-0.39, 0.29) is 5.75 Å². The molecule has 0 aromatic rings. The molecule has 0 amide bonds. The zero-order chi connectivity index (χ0) is 10.3. The molecule has 81 valence electrons. The molecule has 1 aliphatic carbocycles. The normalized spacial score (nSPS) is 32.2. The van der Waals surface area contributed by atoms with Gasteiger partial charge in [-0.15, -0.1) is 0 Å². The van der Waals surface area contributed by atoms with Gasteiger partial charge in [0.15, 0.2) is 0 Å². The zero-order valence-corrected chi connectivity index (χ0v) is 9.50. The summed E-state index contributed by atoms with van der Waals surface area (Å²) in [5, 5.41) is 0. The Bertz CT molecular complexity index is 303. The lowest BCUT2D eigenvalue weighted by Gasteiger charge is -2.19. The highest BCUT2D eigenvalue weighted by Crippen LogP contribution is 2.44. The largest absolute Gasteiger partial charge is 0.308 e. The first-order chi connectivity index (χ1) is 6.49. The van der Waals surface area contributed by atoms with Gasteiger partial charge in [0.1, 0.15) is 0 Å². The summed E-state index contributed by atoms with van der Waals surface area (Å²) in [4.78, 5) is 1.90. The van der Waals surface area contributed by atoms with E-state index in [0.717, 1.165) is 13.1 Å². The van der Waals surface area contributed by atoms with E-state index in [1.165, 1.54) is 0 Å². The predicted molar refractivity (Wildman–Crippen MR) is 55.2 cm³/mol. The summed E-state index contributed by atoms with van der Waals surface area (Å²) in [5.41, 5.74) is 0. The van der Waals surface area contributed by atoms with Crippen LogP contribution in [0.4, 0.5) is 0 Å². The fraction of sp³-hybridized carbons (Fsp3) is 0.889. The first-order valence-corrected chi connectivity index (χ1v) is 6.57. The number of rotatable bonds is 4. The van der Waals surface area contributed by atoms with Crippen molar-refractivity contribution in [1.29, 1.82) is 0 Å². The third-order valence-electron chi connectivity index (χ3n) is 2.92. The molecule has 0 spiro atoms. The van der Waals surface area contributed by atoms with Gasteiger partial charge in [-0.3, -0.25) is 0 Å². The Morgan fingerprint density at radius 2 is 1.93 bits per heavy atom. The molecule has 1 radical (unpaired) electrons. The molecule has 2 fully saturated rings. The average molecular weight is 217 g/mol. The van der Waals surface area contributed by atoms with Crippen LogP contribution < -0.4 is 0 Å². The van der Waals surface area contributed by atoms with E-state index in [4.69, 9.17) is 0 Å². The second-order valence-electron chi connectivity index (χ2n) is 4.46. The van der Waals surface area contributed by atoms with E-state index in [1.54, 1.807) is 4.31 Å². The topological polar surface area (TPSA) is 40.6 Å². The number of sulfonamides is 1. The second kappa shape index (κ2) is 3.47. The predicted octanol–water partition coefficient (Wildman–Crippen LogP) is -0.356. The van der Waals surface area contributed by atoms with Crippen LogP contribution in [0.1, 0.15) is 0 Å². The molecule has 14 heavy (non-hydrogen) atoms. The molecule has 1 aliphatic heterocycles. The first kappa shape index (κ1) is 10.4. The summed E-state index contributed by atoms with van der Waals surface area (Å²) in [6.07, 6.45) is 2.23. The Balaban J connectivity index is 1.88. The molecule has 1 heterocycles. The van der Waals surface area contributed by atoms with Crippen molar-refractivity contribution < 1.29 is 8.42 Å². The Hall–Kier alpha value is -0.130. The molecule has 2 aliphatic rings. The summed E-state index contributed by atoms with van der Waals surface area (Å²) in [7, 11) is 0.801. The number of fused-ring (bicyclic) bond motifs is 1. The van der Waals surface area contributed by atoms with Gasteiger partial charge in [-0.25, -0.2) is 12.7 Å². The highest BCUT2D eigenvalue weighted by Gasteiger charge is 2.48. The van der Waals surface area contributed by atoms with Crippen LogP contribution in [0.3, 0.4) is 0 Å². The van der Waals surface area contributed by atoms with Gasteiger partial charge in [-0.2, -0.15) is 0 Å². The van der Waals surface area contributed by atoms with Crippen LogP contribution in [0.25, 0.3) is 0 Å². The van der Waals surface area contributed by atoms with Gasteiger partial charge in [0, 0.05) is 19.6 Å². The van der Waals surface area contributed by atoms with Gasteiger partial charge in [0.2, 0.25) is 10.0 Å². The fourth-order valence-corrected chi connectivity index (χ4v) is 3.50. The van der Waals surface area contributed by atoms with Crippen LogP contribution in [-0.2, 0) is 10.0 Å². The highest BCUT2D eigenvalue weighted by molar-refractivity contribution is 7.89. The van der Waals surface area contributed by atoms with E-state index in [1.807, 2.05) is 19.0 Å². The van der Waals surface area contributed by atoms with Crippen molar-refractivity contribution in [3.05, 3.63) is 6.42 Å². The third kappa shape index (κ3) is 2.10. The number of hydrogen-bond donors (Lipinski definition) is 0. The molecule has 5 heteroatoms. The molecule has 0 bridgehead atoms. The van der Waals surface area contributed by atoms with Crippen LogP contribution in [0, 0.1) is 18.3 Å². The molecular weight excluding hydrogens is 200 g/mol.